The number of hydrogen-bond donors (Lipinski definition) is 1. The molecule has 0 radical (unpaired) electrons. The maximum absolute atomic E-state index is 13.7. The van der Waals surface area contributed by atoms with Crippen LogP contribution in [0.3, 0.4) is 0 Å². The summed E-state index contributed by atoms with van der Waals surface area (Å²) in [4.78, 5) is 37.4. The van der Waals surface area contributed by atoms with Crippen molar-refractivity contribution in [2.24, 2.45) is 0 Å². The molecule has 0 aliphatic carbocycles. The number of ether oxygens (including phenoxy) is 1. The second kappa shape index (κ2) is 11.1. The molecule has 1 N–H and O–H groups in total. The van der Waals surface area contributed by atoms with Gasteiger partial charge in [0.05, 0.1) is 22.6 Å². The van der Waals surface area contributed by atoms with Gasteiger partial charge in [0, 0.05) is 36.0 Å². The van der Waals surface area contributed by atoms with Gasteiger partial charge in [0.15, 0.2) is 0 Å². The maximum atomic E-state index is 13.7. The minimum Gasteiger partial charge on any atom is -0.497 e. The second-order valence-electron chi connectivity index (χ2n) is 9.11. The normalized spacial score (nSPS) is 13.3. The number of hydrogen-bond acceptors (Lipinski definition) is 7. The van der Waals surface area contributed by atoms with Crippen LogP contribution >= 0.6 is 0 Å². The number of methoxy groups -OCH3 is 1. The van der Waals surface area contributed by atoms with Crippen molar-refractivity contribution < 1.29 is 27.7 Å². The summed E-state index contributed by atoms with van der Waals surface area (Å²) in [5.74, 6) is -0.0921. The highest BCUT2D eigenvalue weighted by Gasteiger charge is 2.30. The van der Waals surface area contributed by atoms with Crippen LogP contribution < -0.4 is 19.3 Å². The van der Waals surface area contributed by atoms with Crippen molar-refractivity contribution in [2.75, 3.05) is 34.7 Å². The Hall–Kier alpha value is -4.45. The van der Waals surface area contributed by atoms with E-state index in [1.54, 1.807) is 35.2 Å². The van der Waals surface area contributed by atoms with E-state index in [1.165, 1.54) is 38.3 Å². The summed E-state index contributed by atoms with van der Waals surface area (Å²) >= 11 is 0. The highest BCUT2D eigenvalue weighted by molar-refractivity contribution is 7.92. The molecule has 0 aromatic heterocycles. The average Bonchev–Trinajstić information content (AvgIpc) is 3.32. The van der Waals surface area contributed by atoms with Crippen molar-refractivity contribution >= 4 is 44.6 Å². The lowest BCUT2D eigenvalue weighted by Gasteiger charge is -2.24. The van der Waals surface area contributed by atoms with E-state index >= 15 is 0 Å². The number of carbonyl (C=O) groups is 2. The molecule has 0 saturated carbocycles. The van der Waals surface area contributed by atoms with Crippen LogP contribution in [0, 0.1) is 24.0 Å². The third kappa shape index (κ3) is 5.85. The molecule has 0 bridgehead atoms. The molecule has 0 unspecified atom stereocenters. The van der Waals surface area contributed by atoms with Crippen molar-refractivity contribution in [3.05, 3.63) is 81.9 Å². The molecule has 0 atom stereocenters. The summed E-state index contributed by atoms with van der Waals surface area (Å²) in [6.07, 6.45) is 1.29. The Bertz CT molecular complexity index is 1540. The number of nitrogens with one attached hydrogen (secondary N) is 1. The Morgan fingerprint density at radius 3 is 2.38 bits per heavy atom. The van der Waals surface area contributed by atoms with Crippen LogP contribution in [0.25, 0.3) is 0 Å². The van der Waals surface area contributed by atoms with Gasteiger partial charge in [-0.15, -0.1) is 0 Å². The smallest absolute Gasteiger partial charge is 0.273 e. The lowest BCUT2D eigenvalue weighted by atomic mass is 10.1. The lowest BCUT2D eigenvalue weighted by Crippen LogP contribution is -2.38. The Kier molecular flexibility index (Phi) is 7.86. The molecule has 1 heterocycles. The first kappa shape index (κ1) is 27.6. The van der Waals surface area contributed by atoms with E-state index in [4.69, 9.17) is 4.74 Å². The summed E-state index contributed by atoms with van der Waals surface area (Å²) in [5, 5.41) is 14.2. The molecule has 204 valence electrons. The number of carbonyl (C=O) groups excluding carboxylic acids is 2. The molecule has 11 nitrogen and oxygen atoms in total. The standard InChI is InChI=1S/C27H28N4O7S/c1-18-6-12-23(16-25(18)31(34)35)39(36,37)30(21-8-10-22(38-3)11-9-21)17-26(32)28-20-7-13-24(19(2)15-20)29-14-4-5-27(29)33/h6-13,15-16H,4-5,14,17H2,1-3H3,(H,28,32). The van der Waals surface area contributed by atoms with Crippen molar-refractivity contribution in [1.29, 1.82) is 0 Å². The fraction of sp³-hybridized carbons (Fsp3) is 0.259. The Morgan fingerprint density at radius 2 is 1.79 bits per heavy atom. The maximum Gasteiger partial charge on any atom is 0.273 e. The number of anilines is 3. The van der Waals surface area contributed by atoms with Crippen LogP contribution in [0.2, 0.25) is 0 Å². The van der Waals surface area contributed by atoms with Crippen LogP contribution in [0.4, 0.5) is 22.7 Å². The molecule has 0 spiro atoms. The molecule has 1 aliphatic rings. The van der Waals surface area contributed by atoms with Crippen LogP contribution in [0.15, 0.2) is 65.6 Å². The highest BCUT2D eigenvalue weighted by atomic mass is 32.2. The number of nitro benzene ring substituents is 1. The lowest BCUT2D eigenvalue weighted by molar-refractivity contribution is -0.385. The summed E-state index contributed by atoms with van der Waals surface area (Å²) in [6, 6.07) is 14.8. The zero-order valence-corrected chi connectivity index (χ0v) is 22.5. The van der Waals surface area contributed by atoms with Gasteiger partial charge in [-0.25, -0.2) is 8.42 Å². The van der Waals surface area contributed by atoms with Gasteiger partial charge in [0.1, 0.15) is 12.3 Å². The minimum absolute atomic E-state index is 0.0477. The highest BCUT2D eigenvalue weighted by Crippen LogP contribution is 2.30. The Morgan fingerprint density at radius 1 is 1.08 bits per heavy atom. The van der Waals surface area contributed by atoms with Crippen LogP contribution in [-0.4, -0.2) is 45.4 Å². The fourth-order valence-corrected chi connectivity index (χ4v) is 5.85. The third-order valence-corrected chi connectivity index (χ3v) is 8.23. The van der Waals surface area contributed by atoms with E-state index in [0.717, 1.165) is 28.0 Å². The predicted octanol–water partition coefficient (Wildman–Crippen LogP) is 4.18. The number of sulfonamides is 1. The molecule has 2 amide bonds. The number of nitro groups is 1. The van der Waals surface area contributed by atoms with Gasteiger partial charge in [0.2, 0.25) is 11.8 Å². The molecule has 12 heteroatoms. The Balaban J connectivity index is 1.63. The van der Waals surface area contributed by atoms with Gasteiger partial charge in [-0.1, -0.05) is 6.07 Å². The van der Waals surface area contributed by atoms with Gasteiger partial charge in [-0.2, -0.15) is 0 Å². The van der Waals surface area contributed by atoms with Gasteiger partial charge >= 0.3 is 0 Å². The zero-order chi connectivity index (χ0) is 28.3. The SMILES string of the molecule is COc1ccc(N(CC(=O)Nc2ccc(N3CCCC3=O)c(C)c2)S(=O)(=O)c2ccc(C)c([N+](=O)[O-])c2)cc1. The first-order valence-corrected chi connectivity index (χ1v) is 13.6. The number of amides is 2. The number of rotatable bonds is 9. The topological polar surface area (TPSA) is 139 Å². The number of benzene rings is 3. The summed E-state index contributed by atoms with van der Waals surface area (Å²) in [6.45, 7) is 3.38. The first-order valence-electron chi connectivity index (χ1n) is 12.1. The molecular formula is C27H28N4O7S. The molecule has 3 aromatic carbocycles. The second-order valence-corrected chi connectivity index (χ2v) is 11.0. The van der Waals surface area contributed by atoms with E-state index in [9.17, 15) is 28.1 Å². The van der Waals surface area contributed by atoms with Crippen molar-refractivity contribution in [3.8, 4) is 5.75 Å². The molecular weight excluding hydrogens is 524 g/mol. The minimum atomic E-state index is -4.38. The van der Waals surface area contributed by atoms with E-state index in [-0.39, 0.29) is 22.2 Å². The third-order valence-electron chi connectivity index (χ3n) is 6.46. The molecule has 1 saturated heterocycles. The first-order chi connectivity index (χ1) is 18.5. The van der Waals surface area contributed by atoms with E-state index < -0.39 is 27.4 Å². The van der Waals surface area contributed by atoms with Crippen LogP contribution in [0.1, 0.15) is 24.0 Å². The van der Waals surface area contributed by atoms with Crippen LogP contribution in [0.5, 0.6) is 5.75 Å². The molecule has 39 heavy (non-hydrogen) atoms. The van der Waals surface area contributed by atoms with Crippen molar-refractivity contribution in [2.45, 2.75) is 31.6 Å². The fourth-order valence-electron chi connectivity index (χ4n) is 4.41. The Labute approximate surface area is 226 Å². The van der Waals surface area contributed by atoms with E-state index in [1.807, 2.05) is 6.92 Å². The predicted molar refractivity (Wildman–Crippen MR) is 147 cm³/mol. The quantitative estimate of drug-likeness (QED) is 0.310. The van der Waals surface area contributed by atoms with E-state index in [2.05, 4.69) is 5.32 Å². The van der Waals surface area contributed by atoms with E-state index in [0.29, 0.717) is 30.0 Å². The monoisotopic (exact) mass is 552 g/mol. The van der Waals surface area contributed by atoms with Gasteiger partial charge in [-0.05, 0) is 74.4 Å². The molecule has 1 aliphatic heterocycles. The van der Waals surface area contributed by atoms with Crippen LogP contribution in [-0.2, 0) is 19.6 Å². The largest absolute Gasteiger partial charge is 0.497 e. The molecule has 1 fully saturated rings. The zero-order valence-electron chi connectivity index (χ0n) is 21.7. The van der Waals surface area contributed by atoms with Gasteiger partial charge < -0.3 is 15.0 Å². The average molecular weight is 553 g/mol. The number of aryl methyl sites for hydroxylation is 2. The summed E-state index contributed by atoms with van der Waals surface area (Å²) < 4.78 is 33.4. The number of nitrogens with zero attached hydrogens (tertiary/aromatic N) is 3. The van der Waals surface area contributed by atoms with Crippen molar-refractivity contribution in [1.82, 2.24) is 0 Å². The van der Waals surface area contributed by atoms with Crippen molar-refractivity contribution in [3.63, 3.8) is 0 Å². The summed E-state index contributed by atoms with van der Waals surface area (Å²) in [7, 11) is -2.92. The molecule has 3 aromatic rings. The summed E-state index contributed by atoms with van der Waals surface area (Å²) in [5.41, 5.74) is 2.12. The van der Waals surface area contributed by atoms with Gasteiger partial charge in [0.25, 0.3) is 15.7 Å². The molecule has 4 rings (SSSR count). The van der Waals surface area contributed by atoms with Gasteiger partial charge in [-0.3, -0.25) is 24.0 Å².